The van der Waals surface area contributed by atoms with E-state index in [0.717, 1.165) is 25.1 Å². The number of hydrogen-bond donors (Lipinski definition) is 1. The maximum absolute atomic E-state index is 6.17. The van der Waals surface area contributed by atoms with Crippen molar-refractivity contribution in [1.82, 2.24) is 4.98 Å². The fraction of sp³-hybridized carbons (Fsp3) is 0.182. The highest BCUT2D eigenvalue weighted by atomic mass is 79.9. The van der Waals surface area contributed by atoms with Crippen molar-refractivity contribution < 1.29 is 0 Å². The molecule has 2 rings (SSSR count). The number of pyridine rings is 1. The molecule has 0 saturated carbocycles. The van der Waals surface area contributed by atoms with Gasteiger partial charge in [-0.3, -0.25) is 4.98 Å². The third-order valence-corrected chi connectivity index (χ3v) is 4.65. The van der Waals surface area contributed by atoms with Crippen LogP contribution in [-0.2, 0) is 6.42 Å². The second-order valence-corrected chi connectivity index (χ2v) is 7.20. The summed E-state index contributed by atoms with van der Waals surface area (Å²) in [6.07, 6.45) is 4.43. The number of halogens is 2. The highest BCUT2D eigenvalue weighted by Crippen LogP contribution is 2.35. The summed E-state index contributed by atoms with van der Waals surface area (Å²) in [5, 5.41) is 0. The molecule has 0 spiro atoms. The Hall–Kier alpha value is -0.230. The largest absolute Gasteiger partial charge is 0.324 e. The molecule has 5 heteroatoms. The molecule has 2 aromatic heterocycles. The first-order chi connectivity index (χ1) is 7.66. The lowest BCUT2D eigenvalue weighted by molar-refractivity contribution is 0.719. The van der Waals surface area contributed by atoms with Crippen molar-refractivity contribution in [1.29, 1.82) is 0 Å². The third-order valence-electron chi connectivity index (χ3n) is 2.26. The fourth-order valence-corrected chi connectivity index (χ4v) is 4.49. The van der Waals surface area contributed by atoms with Crippen LogP contribution >= 0.6 is 43.2 Å². The molecule has 2 nitrogen and oxygen atoms in total. The molecule has 0 amide bonds. The van der Waals surface area contributed by atoms with Crippen molar-refractivity contribution in [2.75, 3.05) is 0 Å². The topological polar surface area (TPSA) is 38.9 Å². The molecular formula is C11H10Br2N2S. The number of thiophene rings is 1. The average Bonchev–Trinajstić information content (AvgIpc) is 2.59. The van der Waals surface area contributed by atoms with Gasteiger partial charge in [-0.25, -0.2) is 0 Å². The maximum Gasteiger partial charge on any atom is 0.0758 e. The summed E-state index contributed by atoms with van der Waals surface area (Å²) in [6, 6.07) is 6.04. The molecule has 0 aliphatic carbocycles. The Morgan fingerprint density at radius 1 is 1.44 bits per heavy atom. The van der Waals surface area contributed by atoms with Crippen LogP contribution in [0.3, 0.4) is 0 Å². The Balaban J connectivity index is 2.14. The van der Waals surface area contributed by atoms with E-state index in [9.17, 15) is 0 Å². The van der Waals surface area contributed by atoms with Gasteiger partial charge < -0.3 is 5.73 Å². The molecule has 2 aromatic rings. The molecule has 1 unspecified atom stereocenters. The standard InChI is InChI=1S/C11H10Br2N2S/c12-10-5-8(11(13)16-10)9(14)4-7-2-1-3-15-6-7/h1-3,5-6,9H,4,14H2. The quantitative estimate of drug-likeness (QED) is 0.899. The van der Waals surface area contributed by atoms with Gasteiger partial charge in [0.15, 0.2) is 0 Å². The maximum atomic E-state index is 6.17. The number of nitrogens with zero attached hydrogens (tertiary/aromatic N) is 1. The zero-order valence-corrected chi connectivity index (χ0v) is 12.3. The normalized spacial score (nSPS) is 12.7. The Labute approximate surface area is 115 Å². The van der Waals surface area contributed by atoms with E-state index < -0.39 is 0 Å². The minimum absolute atomic E-state index is 0.00104. The van der Waals surface area contributed by atoms with Crippen molar-refractivity contribution in [2.24, 2.45) is 5.73 Å². The van der Waals surface area contributed by atoms with E-state index in [0.29, 0.717) is 0 Å². The fourth-order valence-electron chi connectivity index (χ4n) is 1.49. The predicted octanol–water partition coefficient (Wildman–Crippen LogP) is 3.91. The van der Waals surface area contributed by atoms with E-state index >= 15 is 0 Å². The van der Waals surface area contributed by atoms with Gasteiger partial charge in [0.1, 0.15) is 0 Å². The van der Waals surface area contributed by atoms with Crippen LogP contribution in [0.4, 0.5) is 0 Å². The van der Waals surface area contributed by atoms with Gasteiger partial charge in [-0.2, -0.15) is 0 Å². The summed E-state index contributed by atoms with van der Waals surface area (Å²) in [7, 11) is 0. The second kappa shape index (κ2) is 5.40. The van der Waals surface area contributed by atoms with E-state index in [1.807, 2.05) is 18.3 Å². The van der Waals surface area contributed by atoms with Crippen molar-refractivity contribution in [3.63, 3.8) is 0 Å². The van der Waals surface area contributed by atoms with E-state index in [1.165, 1.54) is 0 Å². The monoisotopic (exact) mass is 360 g/mol. The molecular weight excluding hydrogens is 352 g/mol. The van der Waals surface area contributed by atoms with Crippen molar-refractivity contribution in [2.45, 2.75) is 12.5 Å². The number of rotatable bonds is 3. The number of hydrogen-bond acceptors (Lipinski definition) is 3. The molecule has 2 heterocycles. The van der Waals surface area contributed by atoms with Crippen molar-refractivity contribution >= 4 is 43.2 Å². The zero-order chi connectivity index (χ0) is 11.5. The van der Waals surface area contributed by atoms with Crippen LogP contribution in [-0.4, -0.2) is 4.98 Å². The first-order valence-corrected chi connectivity index (χ1v) is 7.16. The number of aromatic nitrogens is 1. The van der Waals surface area contributed by atoms with Gasteiger partial charge >= 0.3 is 0 Å². The summed E-state index contributed by atoms with van der Waals surface area (Å²) >= 11 is 8.63. The average molecular weight is 362 g/mol. The Morgan fingerprint density at radius 3 is 2.81 bits per heavy atom. The first kappa shape index (κ1) is 12.2. The summed E-state index contributed by atoms with van der Waals surface area (Å²) < 4.78 is 2.19. The summed E-state index contributed by atoms with van der Waals surface area (Å²) in [5.41, 5.74) is 8.47. The molecule has 0 radical (unpaired) electrons. The van der Waals surface area contributed by atoms with Gasteiger partial charge in [-0.15, -0.1) is 11.3 Å². The lowest BCUT2D eigenvalue weighted by atomic mass is 10.0. The molecule has 0 fully saturated rings. The van der Waals surface area contributed by atoms with E-state index in [-0.39, 0.29) is 6.04 Å². The molecule has 0 aromatic carbocycles. The van der Waals surface area contributed by atoms with Crippen molar-refractivity contribution in [3.05, 3.63) is 49.3 Å². The highest BCUT2D eigenvalue weighted by Gasteiger charge is 2.13. The Bertz CT molecular complexity index is 470. The molecule has 2 N–H and O–H groups in total. The van der Waals surface area contributed by atoms with Gasteiger partial charge in [-0.1, -0.05) is 6.07 Å². The van der Waals surface area contributed by atoms with Gasteiger partial charge in [0, 0.05) is 18.4 Å². The number of nitrogens with two attached hydrogens (primary N) is 1. The molecule has 0 saturated heterocycles. The minimum atomic E-state index is 0.00104. The lowest BCUT2D eigenvalue weighted by Crippen LogP contribution is -2.13. The van der Waals surface area contributed by atoms with Crippen LogP contribution in [0.2, 0.25) is 0 Å². The molecule has 0 aliphatic heterocycles. The summed E-state index contributed by atoms with van der Waals surface area (Å²) in [5.74, 6) is 0. The third kappa shape index (κ3) is 2.91. The molecule has 0 bridgehead atoms. The van der Waals surface area contributed by atoms with Crippen LogP contribution in [0.15, 0.2) is 38.2 Å². The Morgan fingerprint density at radius 2 is 2.25 bits per heavy atom. The first-order valence-electron chi connectivity index (χ1n) is 4.76. The summed E-state index contributed by atoms with van der Waals surface area (Å²) in [4.78, 5) is 4.09. The van der Waals surface area contributed by atoms with E-state index in [2.05, 4.69) is 42.9 Å². The van der Waals surface area contributed by atoms with Gasteiger partial charge in [-0.05, 0) is 61.5 Å². The van der Waals surface area contributed by atoms with Crippen LogP contribution in [0, 0.1) is 0 Å². The van der Waals surface area contributed by atoms with Gasteiger partial charge in [0.05, 0.1) is 7.57 Å². The van der Waals surface area contributed by atoms with Crippen molar-refractivity contribution in [3.8, 4) is 0 Å². The van der Waals surface area contributed by atoms with Gasteiger partial charge in [0.25, 0.3) is 0 Å². The SMILES string of the molecule is NC(Cc1cccnc1)c1cc(Br)sc1Br. The second-order valence-electron chi connectivity index (χ2n) is 3.45. The molecule has 16 heavy (non-hydrogen) atoms. The highest BCUT2D eigenvalue weighted by molar-refractivity contribution is 9.12. The van der Waals surface area contributed by atoms with Crippen LogP contribution in [0.5, 0.6) is 0 Å². The van der Waals surface area contributed by atoms with E-state index in [4.69, 9.17) is 5.73 Å². The van der Waals surface area contributed by atoms with Crippen LogP contribution in [0.25, 0.3) is 0 Å². The van der Waals surface area contributed by atoms with E-state index in [1.54, 1.807) is 17.5 Å². The molecule has 84 valence electrons. The molecule has 0 aliphatic rings. The zero-order valence-electron chi connectivity index (χ0n) is 8.36. The minimum Gasteiger partial charge on any atom is -0.324 e. The van der Waals surface area contributed by atoms with Crippen LogP contribution in [0.1, 0.15) is 17.2 Å². The Kier molecular flexibility index (Phi) is 4.13. The summed E-state index contributed by atoms with van der Waals surface area (Å²) in [6.45, 7) is 0. The lowest BCUT2D eigenvalue weighted by Gasteiger charge is -2.10. The predicted molar refractivity (Wildman–Crippen MR) is 74.6 cm³/mol. The van der Waals surface area contributed by atoms with Gasteiger partial charge in [0.2, 0.25) is 0 Å². The van der Waals surface area contributed by atoms with Crippen LogP contribution < -0.4 is 5.73 Å². The molecule has 1 atom stereocenters. The smallest absolute Gasteiger partial charge is 0.0758 e.